The number of carbonyl (C=O) groups is 1. The molecule has 0 aliphatic rings. The van der Waals surface area contributed by atoms with Crippen molar-refractivity contribution in [3.8, 4) is 0 Å². The van der Waals surface area contributed by atoms with Gasteiger partial charge in [0.1, 0.15) is 5.82 Å². The molecule has 96 valence electrons. The van der Waals surface area contributed by atoms with Gasteiger partial charge >= 0.3 is 0 Å². The molecular weight excluding hydrogens is 270 g/mol. The zero-order chi connectivity index (χ0) is 13.3. The molecule has 1 amide bonds. The van der Waals surface area contributed by atoms with E-state index < -0.39 is 0 Å². The van der Waals surface area contributed by atoms with Crippen LogP contribution in [0.5, 0.6) is 0 Å². The van der Waals surface area contributed by atoms with Crippen LogP contribution in [0.3, 0.4) is 0 Å². The molecule has 0 aliphatic carbocycles. The summed E-state index contributed by atoms with van der Waals surface area (Å²) in [6.07, 6.45) is 0. The van der Waals surface area contributed by atoms with Crippen LogP contribution in [0.15, 0.2) is 18.2 Å². The van der Waals surface area contributed by atoms with Crippen molar-refractivity contribution in [2.45, 2.75) is 26.8 Å². The molecule has 0 saturated carbocycles. The zero-order valence-electron chi connectivity index (χ0n) is 10.4. The lowest BCUT2D eigenvalue weighted by molar-refractivity contribution is 0.102. The van der Waals surface area contributed by atoms with E-state index in [1.165, 1.54) is 11.3 Å². The van der Waals surface area contributed by atoms with E-state index in [0.717, 1.165) is 5.69 Å². The lowest BCUT2D eigenvalue weighted by Crippen LogP contribution is -2.15. The summed E-state index contributed by atoms with van der Waals surface area (Å²) in [7, 11) is 0. The first-order valence-electron chi connectivity index (χ1n) is 5.60. The van der Waals surface area contributed by atoms with Gasteiger partial charge in [0, 0.05) is 12.1 Å². The summed E-state index contributed by atoms with van der Waals surface area (Å²) in [5.74, 6) is 0.547. The molecule has 1 N–H and O–H groups in total. The fraction of sp³-hybridized carbons (Fsp3) is 0.333. The first-order chi connectivity index (χ1) is 8.47. The third-order valence-electron chi connectivity index (χ3n) is 2.39. The van der Waals surface area contributed by atoms with Gasteiger partial charge in [-0.2, -0.15) is 5.10 Å². The Hall–Kier alpha value is -1.33. The van der Waals surface area contributed by atoms with Crippen LogP contribution in [0.4, 0.5) is 5.82 Å². The van der Waals surface area contributed by atoms with Crippen molar-refractivity contribution in [1.82, 2.24) is 9.78 Å². The Kier molecular flexibility index (Phi) is 3.73. The van der Waals surface area contributed by atoms with Crippen LogP contribution in [0.1, 0.15) is 35.3 Å². The molecule has 0 atom stereocenters. The lowest BCUT2D eigenvalue weighted by Gasteiger charge is -2.11. The largest absolute Gasteiger partial charge is 0.306 e. The van der Waals surface area contributed by atoms with Crippen LogP contribution in [0, 0.1) is 6.92 Å². The van der Waals surface area contributed by atoms with Gasteiger partial charge in [0.15, 0.2) is 0 Å². The molecule has 2 rings (SSSR count). The summed E-state index contributed by atoms with van der Waals surface area (Å²) in [5.41, 5.74) is 0.878. The van der Waals surface area contributed by atoms with Gasteiger partial charge in [0.25, 0.3) is 5.91 Å². The molecule has 0 fully saturated rings. The smallest absolute Gasteiger partial charge is 0.266 e. The van der Waals surface area contributed by atoms with Crippen LogP contribution in [0.2, 0.25) is 4.34 Å². The van der Waals surface area contributed by atoms with E-state index in [4.69, 9.17) is 11.6 Å². The van der Waals surface area contributed by atoms with E-state index in [-0.39, 0.29) is 11.9 Å². The number of nitrogens with zero attached hydrogens (tertiary/aromatic N) is 2. The van der Waals surface area contributed by atoms with Crippen LogP contribution < -0.4 is 5.32 Å². The highest BCUT2D eigenvalue weighted by atomic mass is 35.5. The minimum Gasteiger partial charge on any atom is -0.306 e. The van der Waals surface area contributed by atoms with Gasteiger partial charge in [-0.15, -0.1) is 11.3 Å². The molecular formula is C12H14ClN3OS. The number of amides is 1. The number of carbonyl (C=O) groups excluding carboxylic acids is 1. The van der Waals surface area contributed by atoms with Crippen molar-refractivity contribution in [2.24, 2.45) is 0 Å². The second-order valence-corrected chi connectivity index (χ2v) is 5.98. The summed E-state index contributed by atoms with van der Waals surface area (Å²) < 4.78 is 2.40. The molecule has 0 aromatic carbocycles. The van der Waals surface area contributed by atoms with E-state index in [9.17, 15) is 4.79 Å². The minimum absolute atomic E-state index is 0.159. The van der Waals surface area contributed by atoms with Crippen molar-refractivity contribution in [1.29, 1.82) is 0 Å². The topological polar surface area (TPSA) is 46.9 Å². The number of halogens is 1. The summed E-state index contributed by atoms with van der Waals surface area (Å²) in [6.45, 7) is 5.94. The molecule has 0 saturated heterocycles. The molecule has 2 heterocycles. The number of aromatic nitrogens is 2. The molecule has 6 heteroatoms. The van der Waals surface area contributed by atoms with Gasteiger partial charge in [-0.3, -0.25) is 4.79 Å². The predicted octanol–water partition coefficient (Wildman–Crippen LogP) is 3.74. The molecule has 2 aromatic rings. The van der Waals surface area contributed by atoms with Gasteiger partial charge in [-0.1, -0.05) is 11.6 Å². The Bertz CT molecular complexity index is 574. The molecule has 0 spiro atoms. The van der Waals surface area contributed by atoms with Crippen LogP contribution in [0.25, 0.3) is 0 Å². The molecule has 2 aromatic heterocycles. The Labute approximate surface area is 115 Å². The number of rotatable bonds is 3. The SMILES string of the molecule is Cc1cc(NC(=O)c2ccc(Cl)s2)n(C(C)C)n1. The molecule has 0 unspecified atom stereocenters. The second kappa shape index (κ2) is 5.12. The molecule has 18 heavy (non-hydrogen) atoms. The van der Waals surface area contributed by atoms with E-state index in [1.54, 1.807) is 16.8 Å². The van der Waals surface area contributed by atoms with Crippen molar-refractivity contribution >= 4 is 34.7 Å². The number of nitrogens with one attached hydrogen (secondary N) is 1. The standard InChI is InChI=1S/C12H14ClN3OS/c1-7(2)16-11(6-8(3)15-16)14-12(17)9-4-5-10(13)18-9/h4-7H,1-3H3,(H,14,17). The Balaban J connectivity index is 2.21. The highest BCUT2D eigenvalue weighted by Crippen LogP contribution is 2.23. The van der Waals surface area contributed by atoms with E-state index in [1.807, 2.05) is 26.8 Å². The maximum absolute atomic E-state index is 12.0. The number of hydrogen-bond acceptors (Lipinski definition) is 3. The Morgan fingerprint density at radius 2 is 2.22 bits per heavy atom. The minimum atomic E-state index is -0.159. The van der Waals surface area contributed by atoms with Crippen molar-refractivity contribution in [2.75, 3.05) is 5.32 Å². The Morgan fingerprint density at radius 1 is 1.50 bits per heavy atom. The molecule has 0 bridgehead atoms. The summed E-state index contributed by atoms with van der Waals surface area (Å²) in [6, 6.07) is 5.48. The fourth-order valence-electron chi connectivity index (χ4n) is 1.62. The number of thiophene rings is 1. The zero-order valence-corrected chi connectivity index (χ0v) is 12.0. The van der Waals surface area contributed by atoms with E-state index >= 15 is 0 Å². The number of anilines is 1. The monoisotopic (exact) mass is 283 g/mol. The van der Waals surface area contributed by atoms with Crippen molar-refractivity contribution in [3.05, 3.63) is 33.1 Å². The maximum atomic E-state index is 12.0. The van der Waals surface area contributed by atoms with Gasteiger partial charge in [0.2, 0.25) is 0 Å². The Morgan fingerprint density at radius 3 is 2.78 bits per heavy atom. The first-order valence-corrected chi connectivity index (χ1v) is 6.79. The van der Waals surface area contributed by atoms with Crippen LogP contribution in [-0.4, -0.2) is 15.7 Å². The average Bonchev–Trinajstić information content (AvgIpc) is 2.85. The quantitative estimate of drug-likeness (QED) is 0.933. The summed E-state index contributed by atoms with van der Waals surface area (Å²) >= 11 is 7.07. The first kappa shape index (κ1) is 13.1. The van der Waals surface area contributed by atoms with Crippen molar-refractivity contribution < 1.29 is 4.79 Å². The summed E-state index contributed by atoms with van der Waals surface area (Å²) in [4.78, 5) is 12.6. The van der Waals surface area contributed by atoms with Crippen LogP contribution >= 0.6 is 22.9 Å². The molecule has 0 radical (unpaired) electrons. The third kappa shape index (κ3) is 2.73. The molecule has 0 aliphatic heterocycles. The van der Waals surface area contributed by atoms with Gasteiger partial charge in [0.05, 0.1) is 14.9 Å². The normalized spacial score (nSPS) is 10.9. The predicted molar refractivity (Wildman–Crippen MR) is 74.6 cm³/mol. The highest BCUT2D eigenvalue weighted by molar-refractivity contribution is 7.18. The van der Waals surface area contributed by atoms with Gasteiger partial charge in [-0.05, 0) is 32.9 Å². The summed E-state index contributed by atoms with van der Waals surface area (Å²) in [5, 5.41) is 7.20. The van der Waals surface area contributed by atoms with Crippen LogP contribution in [-0.2, 0) is 0 Å². The maximum Gasteiger partial charge on any atom is 0.266 e. The molecule has 4 nitrogen and oxygen atoms in total. The van der Waals surface area contributed by atoms with Gasteiger partial charge in [-0.25, -0.2) is 4.68 Å². The third-order valence-corrected chi connectivity index (χ3v) is 3.62. The lowest BCUT2D eigenvalue weighted by atomic mass is 10.4. The van der Waals surface area contributed by atoms with Crippen molar-refractivity contribution in [3.63, 3.8) is 0 Å². The van der Waals surface area contributed by atoms with E-state index in [2.05, 4.69) is 10.4 Å². The fourth-order valence-corrected chi connectivity index (χ4v) is 2.56. The number of hydrogen-bond donors (Lipinski definition) is 1. The highest BCUT2D eigenvalue weighted by Gasteiger charge is 2.14. The van der Waals surface area contributed by atoms with Gasteiger partial charge < -0.3 is 5.32 Å². The van der Waals surface area contributed by atoms with E-state index in [0.29, 0.717) is 15.0 Å². The second-order valence-electron chi connectivity index (χ2n) is 4.27. The average molecular weight is 284 g/mol. The number of aryl methyl sites for hydroxylation is 1.